The van der Waals surface area contributed by atoms with Crippen molar-refractivity contribution >= 4 is 23.8 Å². The summed E-state index contributed by atoms with van der Waals surface area (Å²) in [4.78, 5) is 57.1. The van der Waals surface area contributed by atoms with Crippen LogP contribution in [-0.2, 0) is 19.1 Å². The molecule has 1 fully saturated rings. The van der Waals surface area contributed by atoms with Crippen LogP contribution in [0.5, 0.6) is 0 Å². The number of nitrogens with one attached hydrogen (secondary N) is 2. The molecule has 0 spiro atoms. The Kier molecular flexibility index (Phi) is 10.8. The van der Waals surface area contributed by atoms with Gasteiger partial charge in [-0.25, -0.2) is 4.79 Å². The number of hydrogen-bond acceptors (Lipinski definition) is 5. The van der Waals surface area contributed by atoms with Crippen LogP contribution < -0.4 is 10.6 Å². The molecule has 1 aliphatic carbocycles. The van der Waals surface area contributed by atoms with Gasteiger partial charge in [0.2, 0.25) is 17.7 Å². The Morgan fingerprint density at radius 3 is 1.96 bits per heavy atom. The molecule has 0 aromatic heterocycles. The number of rotatable bonds is 11. The Hall–Kier alpha value is -5.88. The van der Waals surface area contributed by atoms with Crippen LogP contribution in [0.4, 0.5) is 4.79 Å². The molecule has 4 amide bonds. The molecule has 6 rings (SSSR count). The van der Waals surface area contributed by atoms with E-state index < -0.39 is 42.1 Å². The normalized spacial score (nSPS) is 16.0. The van der Waals surface area contributed by atoms with Gasteiger partial charge in [0.25, 0.3) is 0 Å². The van der Waals surface area contributed by atoms with Crippen molar-refractivity contribution in [2.45, 2.75) is 56.3 Å². The molecule has 0 radical (unpaired) electrons. The zero-order valence-corrected chi connectivity index (χ0v) is 28.8. The number of carbonyl (C=O) groups excluding carboxylic acids is 4. The molecule has 0 bridgehead atoms. The van der Waals surface area contributed by atoms with Gasteiger partial charge in [-0.1, -0.05) is 109 Å². The lowest BCUT2D eigenvalue weighted by atomic mass is 9.98. The van der Waals surface area contributed by atoms with Gasteiger partial charge in [0.1, 0.15) is 24.7 Å². The molecule has 9 heteroatoms. The largest absolute Gasteiger partial charge is 0.448 e. The van der Waals surface area contributed by atoms with Crippen molar-refractivity contribution in [1.82, 2.24) is 20.4 Å². The number of amides is 4. The second-order valence-corrected chi connectivity index (χ2v) is 13.0. The number of terminal acetylenes is 1. The van der Waals surface area contributed by atoms with Crippen LogP contribution in [0.3, 0.4) is 0 Å². The third-order valence-corrected chi connectivity index (χ3v) is 9.91. The molecule has 1 aliphatic heterocycles. The third kappa shape index (κ3) is 7.51. The molecule has 0 saturated carbocycles. The molecular formula is C42H42N4O5. The third-order valence-electron chi connectivity index (χ3n) is 9.91. The molecule has 4 aromatic rings. The molecule has 1 saturated heterocycles. The average Bonchev–Trinajstić information content (AvgIpc) is 3.79. The van der Waals surface area contributed by atoms with E-state index in [1.54, 1.807) is 6.92 Å². The van der Waals surface area contributed by atoms with Crippen molar-refractivity contribution in [3.05, 3.63) is 131 Å². The Bertz CT molecular complexity index is 1840. The first-order valence-electron chi connectivity index (χ1n) is 17.3. The standard InChI is InChI=1S/C42H42N4O5/c1-4-16-36(41(49)46-26-15-25-37(46)40(48)44-38(29-17-7-5-8-18-29)30-19-9-6-10-20-30)43-39(47)28(2)45(3)42(50)51-27-35-33-23-13-11-21-31(33)32-22-12-14-24-34(32)35/h1,5-14,17-24,28,35-38H,15-16,25-27H2,2-3H3,(H,43,47)(H,44,48)/t28-,36-,37-/m0/s1. The van der Waals surface area contributed by atoms with Crippen LogP contribution in [0.15, 0.2) is 109 Å². The number of hydrogen-bond donors (Lipinski definition) is 2. The molecule has 51 heavy (non-hydrogen) atoms. The Morgan fingerprint density at radius 1 is 0.843 bits per heavy atom. The first-order valence-corrected chi connectivity index (χ1v) is 17.3. The average molecular weight is 683 g/mol. The maximum atomic E-state index is 13.9. The minimum absolute atomic E-state index is 0.0759. The lowest BCUT2D eigenvalue weighted by Crippen LogP contribution is -2.56. The van der Waals surface area contributed by atoms with Crippen LogP contribution in [0.25, 0.3) is 11.1 Å². The summed E-state index contributed by atoms with van der Waals surface area (Å²) in [7, 11) is 1.48. The van der Waals surface area contributed by atoms with Gasteiger partial charge >= 0.3 is 6.09 Å². The summed E-state index contributed by atoms with van der Waals surface area (Å²) in [6.07, 6.45) is 6.01. The van der Waals surface area contributed by atoms with Gasteiger partial charge in [-0.15, -0.1) is 12.3 Å². The van der Waals surface area contributed by atoms with E-state index in [-0.39, 0.29) is 24.9 Å². The predicted molar refractivity (Wildman–Crippen MR) is 195 cm³/mol. The van der Waals surface area contributed by atoms with Gasteiger partial charge in [-0.05, 0) is 53.1 Å². The van der Waals surface area contributed by atoms with Crippen molar-refractivity contribution in [2.24, 2.45) is 0 Å². The zero-order valence-electron chi connectivity index (χ0n) is 28.8. The Labute approximate surface area is 299 Å². The van der Waals surface area contributed by atoms with E-state index in [1.165, 1.54) is 16.8 Å². The summed E-state index contributed by atoms with van der Waals surface area (Å²) in [6, 6.07) is 32.2. The van der Waals surface area contributed by atoms with Crippen LogP contribution in [0.2, 0.25) is 0 Å². The second-order valence-electron chi connectivity index (χ2n) is 13.0. The number of likely N-dealkylation sites (tertiary alicyclic amines) is 1. The van der Waals surface area contributed by atoms with Crippen LogP contribution >= 0.6 is 0 Å². The van der Waals surface area contributed by atoms with Crippen molar-refractivity contribution < 1.29 is 23.9 Å². The molecule has 0 unspecified atom stereocenters. The summed E-state index contributed by atoms with van der Waals surface area (Å²) in [5.41, 5.74) is 6.23. The molecule has 260 valence electrons. The van der Waals surface area contributed by atoms with Crippen molar-refractivity contribution in [2.75, 3.05) is 20.2 Å². The van der Waals surface area contributed by atoms with E-state index >= 15 is 0 Å². The number of ether oxygens (including phenoxy) is 1. The monoisotopic (exact) mass is 682 g/mol. The highest BCUT2D eigenvalue weighted by atomic mass is 16.6. The maximum absolute atomic E-state index is 13.9. The van der Waals surface area contributed by atoms with E-state index in [2.05, 4.69) is 28.7 Å². The van der Waals surface area contributed by atoms with E-state index in [1.807, 2.05) is 97.1 Å². The van der Waals surface area contributed by atoms with Crippen molar-refractivity contribution in [3.8, 4) is 23.5 Å². The van der Waals surface area contributed by atoms with Crippen molar-refractivity contribution in [3.63, 3.8) is 0 Å². The summed E-state index contributed by atoms with van der Waals surface area (Å²) in [5.74, 6) is 1.07. The van der Waals surface area contributed by atoms with E-state index in [0.717, 1.165) is 33.4 Å². The van der Waals surface area contributed by atoms with Gasteiger partial charge in [0.15, 0.2) is 0 Å². The fraction of sp³-hybridized carbons (Fsp3) is 0.286. The van der Waals surface area contributed by atoms with Crippen molar-refractivity contribution in [1.29, 1.82) is 0 Å². The lowest BCUT2D eigenvalue weighted by Gasteiger charge is -2.31. The zero-order chi connectivity index (χ0) is 35.9. The highest BCUT2D eigenvalue weighted by Crippen LogP contribution is 2.44. The Balaban J connectivity index is 1.08. The fourth-order valence-corrected chi connectivity index (χ4v) is 7.03. The van der Waals surface area contributed by atoms with Gasteiger partial charge in [-0.3, -0.25) is 19.3 Å². The first-order chi connectivity index (χ1) is 24.8. The molecule has 2 N–H and O–H groups in total. The van der Waals surface area contributed by atoms with Crippen LogP contribution in [0.1, 0.15) is 60.4 Å². The molecule has 3 atom stereocenters. The summed E-state index contributed by atoms with van der Waals surface area (Å²) in [5, 5.41) is 5.91. The highest BCUT2D eigenvalue weighted by molar-refractivity contribution is 5.94. The first kappa shape index (κ1) is 35.0. The van der Waals surface area contributed by atoms with Crippen LogP contribution in [0, 0.1) is 12.3 Å². The fourth-order valence-electron chi connectivity index (χ4n) is 7.03. The van der Waals surface area contributed by atoms with Gasteiger partial charge in [-0.2, -0.15) is 0 Å². The minimum Gasteiger partial charge on any atom is -0.448 e. The molecule has 2 aliphatic rings. The minimum atomic E-state index is -1.08. The smallest absolute Gasteiger partial charge is 0.410 e. The maximum Gasteiger partial charge on any atom is 0.410 e. The number of nitrogens with zero attached hydrogens (tertiary/aromatic N) is 2. The molecular weight excluding hydrogens is 640 g/mol. The van der Waals surface area contributed by atoms with E-state index in [4.69, 9.17) is 11.2 Å². The number of carbonyl (C=O) groups is 4. The van der Waals surface area contributed by atoms with Gasteiger partial charge in [0, 0.05) is 25.9 Å². The topological polar surface area (TPSA) is 108 Å². The number of likely N-dealkylation sites (N-methyl/N-ethyl adjacent to an activating group) is 1. The van der Waals surface area contributed by atoms with Crippen LogP contribution in [-0.4, -0.2) is 71.9 Å². The molecule has 9 nitrogen and oxygen atoms in total. The highest BCUT2D eigenvalue weighted by Gasteiger charge is 2.39. The summed E-state index contributed by atoms with van der Waals surface area (Å²) in [6.45, 7) is 2.02. The number of fused-ring (bicyclic) bond motifs is 3. The molecule has 4 aromatic carbocycles. The number of benzene rings is 4. The second kappa shape index (κ2) is 15.8. The lowest BCUT2D eigenvalue weighted by molar-refractivity contribution is -0.141. The Morgan fingerprint density at radius 2 is 1.39 bits per heavy atom. The summed E-state index contributed by atoms with van der Waals surface area (Å²) >= 11 is 0. The van der Waals surface area contributed by atoms with Gasteiger partial charge < -0.3 is 20.3 Å². The quantitative estimate of drug-likeness (QED) is 0.199. The summed E-state index contributed by atoms with van der Waals surface area (Å²) < 4.78 is 5.74. The predicted octanol–water partition coefficient (Wildman–Crippen LogP) is 5.66. The van der Waals surface area contributed by atoms with E-state index in [0.29, 0.717) is 19.4 Å². The van der Waals surface area contributed by atoms with Gasteiger partial charge in [0.05, 0.1) is 6.04 Å². The SMILES string of the molecule is C#CC[C@H](NC(=O)[C@H](C)N(C)C(=O)OCC1c2ccccc2-c2ccccc21)C(=O)N1CCC[C@H]1C(=O)NC(c1ccccc1)c1ccccc1. The molecule has 1 heterocycles. The van der Waals surface area contributed by atoms with E-state index in [9.17, 15) is 19.2 Å².